The van der Waals surface area contributed by atoms with E-state index in [4.69, 9.17) is 11.5 Å². The van der Waals surface area contributed by atoms with Gasteiger partial charge in [-0.3, -0.25) is 4.79 Å². The molecule has 0 spiro atoms. The van der Waals surface area contributed by atoms with Gasteiger partial charge in [-0.15, -0.1) is 0 Å². The lowest BCUT2D eigenvalue weighted by molar-refractivity contribution is 0.100. The summed E-state index contributed by atoms with van der Waals surface area (Å²) in [6, 6.07) is 2.43. The van der Waals surface area contributed by atoms with Gasteiger partial charge in [0.25, 0.3) is 5.91 Å². The average Bonchev–Trinajstić information content (AvgIpc) is 2.99. The summed E-state index contributed by atoms with van der Waals surface area (Å²) in [6.45, 7) is 5.34. The number of aromatic amines is 1. The number of primary amides is 1. The summed E-state index contributed by atoms with van der Waals surface area (Å²) in [4.78, 5) is 21.6. The number of hydrogen-bond donors (Lipinski definition) is 3. The Morgan fingerprint density at radius 2 is 2.16 bits per heavy atom. The number of halogens is 1. The van der Waals surface area contributed by atoms with Gasteiger partial charge in [-0.05, 0) is 56.9 Å². The molecule has 1 fully saturated rings. The van der Waals surface area contributed by atoms with Gasteiger partial charge < -0.3 is 21.4 Å². The number of benzene rings is 1. The summed E-state index contributed by atoms with van der Waals surface area (Å²) in [5, 5.41) is 0. The summed E-state index contributed by atoms with van der Waals surface area (Å²) < 4.78 is 13.7. The molecule has 0 atom stereocenters. The Balaban J connectivity index is 1.90. The number of carbonyl (C=O) groups excluding carboxylic acids is 1. The monoisotopic (exact) mass is 345 g/mol. The zero-order valence-electron chi connectivity index (χ0n) is 14.4. The minimum absolute atomic E-state index is 0.0756. The molecule has 0 saturated carbocycles. The molecule has 1 aliphatic rings. The Morgan fingerprint density at radius 1 is 1.44 bits per heavy atom. The first-order chi connectivity index (χ1) is 12.0. The molecular weight excluding hydrogens is 321 g/mol. The summed E-state index contributed by atoms with van der Waals surface area (Å²) in [5.41, 5.74) is 13.0. The standard InChI is InChI=1S/C18H24FN5O/c1-2-5-24-6-3-11(4-7-24)14(10-20)18-22-15-9-12(19)8-13(17(21)25)16(15)23-18/h8-11H,2-7,20H2,1H3,(H2,21,25)(H,22,23). The van der Waals surface area contributed by atoms with E-state index in [1.54, 1.807) is 6.20 Å². The lowest BCUT2D eigenvalue weighted by Gasteiger charge is -2.32. The average molecular weight is 345 g/mol. The number of aromatic nitrogens is 2. The molecule has 1 aromatic heterocycles. The second kappa shape index (κ2) is 7.23. The van der Waals surface area contributed by atoms with Gasteiger partial charge in [0, 0.05) is 11.8 Å². The van der Waals surface area contributed by atoms with Crippen LogP contribution in [0.4, 0.5) is 4.39 Å². The maximum absolute atomic E-state index is 13.7. The Morgan fingerprint density at radius 3 is 2.76 bits per heavy atom. The molecule has 1 aromatic carbocycles. The fourth-order valence-electron chi connectivity index (χ4n) is 3.60. The molecule has 6 nitrogen and oxygen atoms in total. The normalized spacial score (nSPS) is 17.3. The van der Waals surface area contributed by atoms with Crippen molar-refractivity contribution in [2.24, 2.45) is 17.4 Å². The molecule has 5 N–H and O–H groups in total. The zero-order chi connectivity index (χ0) is 18.0. The van der Waals surface area contributed by atoms with Gasteiger partial charge in [0.15, 0.2) is 0 Å². The molecular formula is C18H24FN5O. The van der Waals surface area contributed by atoms with E-state index in [0.717, 1.165) is 50.5 Å². The fraction of sp³-hybridized carbons (Fsp3) is 0.444. The molecule has 0 radical (unpaired) electrons. The van der Waals surface area contributed by atoms with Gasteiger partial charge in [0.1, 0.15) is 17.2 Å². The topological polar surface area (TPSA) is 101 Å². The number of piperidine rings is 1. The molecule has 1 amide bonds. The van der Waals surface area contributed by atoms with Crippen LogP contribution in [0, 0.1) is 11.7 Å². The van der Waals surface area contributed by atoms with Crippen molar-refractivity contribution >= 4 is 22.5 Å². The quantitative estimate of drug-likeness (QED) is 0.773. The summed E-state index contributed by atoms with van der Waals surface area (Å²) >= 11 is 0. The highest BCUT2D eigenvalue weighted by molar-refractivity contribution is 6.04. The van der Waals surface area contributed by atoms with Crippen LogP contribution in [0.1, 0.15) is 42.4 Å². The minimum atomic E-state index is -0.700. The number of H-pyrrole nitrogens is 1. The van der Waals surface area contributed by atoms with Crippen molar-refractivity contribution in [3.05, 3.63) is 35.5 Å². The van der Waals surface area contributed by atoms with E-state index in [9.17, 15) is 9.18 Å². The van der Waals surface area contributed by atoms with Gasteiger partial charge in [-0.25, -0.2) is 9.37 Å². The van der Waals surface area contributed by atoms with Gasteiger partial charge in [0.2, 0.25) is 0 Å². The van der Waals surface area contributed by atoms with Crippen LogP contribution in [0.5, 0.6) is 0 Å². The van der Waals surface area contributed by atoms with E-state index in [-0.39, 0.29) is 5.56 Å². The van der Waals surface area contributed by atoms with Crippen LogP contribution in [0.15, 0.2) is 18.3 Å². The van der Waals surface area contributed by atoms with E-state index in [1.165, 1.54) is 6.07 Å². The third-order valence-electron chi connectivity index (χ3n) is 4.84. The molecule has 0 aliphatic carbocycles. The molecule has 2 heterocycles. The van der Waals surface area contributed by atoms with Crippen LogP contribution in [0.2, 0.25) is 0 Å². The largest absolute Gasteiger partial charge is 0.404 e. The number of allylic oxidation sites excluding steroid dienone is 1. The smallest absolute Gasteiger partial charge is 0.251 e. The third-order valence-corrected chi connectivity index (χ3v) is 4.84. The number of hydrogen-bond acceptors (Lipinski definition) is 4. The summed E-state index contributed by atoms with van der Waals surface area (Å²) in [5.74, 6) is -0.351. The van der Waals surface area contributed by atoms with E-state index < -0.39 is 11.7 Å². The Labute approximate surface area is 146 Å². The van der Waals surface area contributed by atoms with Crippen LogP contribution in [-0.4, -0.2) is 40.4 Å². The first-order valence-electron chi connectivity index (χ1n) is 8.67. The van der Waals surface area contributed by atoms with Crippen molar-refractivity contribution in [2.45, 2.75) is 26.2 Å². The first-order valence-corrected chi connectivity index (χ1v) is 8.67. The van der Waals surface area contributed by atoms with E-state index >= 15 is 0 Å². The zero-order valence-corrected chi connectivity index (χ0v) is 14.4. The second-order valence-corrected chi connectivity index (χ2v) is 6.54. The van der Waals surface area contributed by atoms with Crippen molar-refractivity contribution in [1.29, 1.82) is 0 Å². The van der Waals surface area contributed by atoms with E-state index in [1.807, 2.05) is 0 Å². The summed E-state index contributed by atoms with van der Waals surface area (Å²) in [7, 11) is 0. The Kier molecular flexibility index (Phi) is 5.03. The van der Waals surface area contributed by atoms with Gasteiger partial charge >= 0.3 is 0 Å². The number of imidazole rings is 1. The number of carbonyl (C=O) groups is 1. The maximum Gasteiger partial charge on any atom is 0.251 e. The number of likely N-dealkylation sites (tertiary alicyclic amines) is 1. The highest BCUT2D eigenvalue weighted by Crippen LogP contribution is 2.31. The Bertz CT molecular complexity index is 805. The number of rotatable bonds is 5. The molecule has 25 heavy (non-hydrogen) atoms. The van der Waals surface area contributed by atoms with E-state index in [2.05, 4.69) is 21.8 Å². The third kappa shape index (κ3) is 3.51. The predicted molar refractivity (Wildman–Crippen MR) is 96.2 cm³/mol. The molecule has 0 bridgehead atoms. The van der Waals surface area contributed by atoms with E-state index in [0.29, 0.717) is 22.8 Å². The number of fused-ring (bicyclic) bond motifs is 1. The SMILES string of the molecule is CCCN1CCC(C(=CN)c2nc3c(C(N)=O)cc(F)cc3[nH]2)CC1. The number of nitrogens with zero attached hydrogens (tertiary/aromatic N) is 2. The molecule has 0 unspecified atom stereocenters. The van der Waals surface area contributed by atoms with Crippen molar-refractivity contribution in [2.75, 3.05) is 19.6 Å². The van der Waals surface area contributed by atoms with Gasteiger partial charge in [-0.2, -0.15) is 0 Å². The fourth-order valence-corrected chi connectivity index (χ4v) is 3.60. The predicted octanol–water partition coefficient (Wildman–Crippen LogP) is 2.22. The second-order valence-electron chi connectivity index (χ2n) is 6.54. The maximum atomic E-state index is 13.7. The lowest BCUT2D eigenvalue weighted by atomic mass is 9.89. The molecule has 3 rings (SSSR count). The Hall–Kier alpha value is -2.41. The summed E-state index contributed by atoms with van der Waals surface area (Å²) in [6.07, 6.45) is 4.71. The highest BCUT2D eigenvalue weighted by atomic mass is 19.1. The van der Waals surface area contributed by atoms with Crippen molar-refractivity contribution in [1.82, 2.24) is 14.9 Å². The first kappa shape index (κ1) is 17.4. The lowest BCUT2D eigenvalue weighted by Crippen LogP contribution is -2.34. The number of nitrogens with one attached hydrogen (secondary N) is 1. The molecule has 134 valence electrons. The van der Waals surface area contributed by atoms with Crippen LogP contribution in [-0.2, 0) is 0 Å². The van der Waals surface area contributed by atoms with Crippen molar-refractivity contribution < 1.29 is 9.18 Å². The van der Waals surface area contributed by atoms with Gasteiger partial charge in [-0.1, -0.05) is 6.92 Å². The molecule has 2 aromatic rings. The molecule has 1 aliphatic heterocycles. The highest BCUT2D eigenvalue weighted by Gasteiger charge is 2.25. The van der Waals surface area contributed by atoms with Crippen LogP contribution >= 0.6 is 0 Å². The minimum Gasteiger partial charge on any atom is -0.404 e. The van der Waals surface area contributed by atoms with Crippen LogP contribution in [0.3, 0.4) is 0 Å². The number of nitrogens with two attached hydrogens (primary N) is 2. The van der Waals surface area contributed by atoms with Crippen LogP contribution in [0.25, 0.3) is 16.6 Å². The van der Waals surface area contributed by atoms with Crippen molar-refractivity contribution in [3.63, 3.8) is 0 Å². The van der Waals surface area contributed by atoms with Gasteiger partial charge in [0.05, 0.1) is 11.1 Å². The molecule has 1 saturated heterocycles. The van der Waals surface area contributed by atoms with Crippen LogP contribution < -0.4 is 11.5 Å². The number of amides is 1. The molecule has 7 heteroatoms. The van der Waals surface area contributed by atoms with Crippen molar-refractivity contribution in [3.8, 4) is 0 Å².